The van der Waals surface area contributed by atoms with Crippen molar-refractivity contribution in [3.63, 3.8) is 0 Å². The number of para-hydroxylation sites is 1. The predicted molar refractivity (Wildman–Crippen MR) is 143 cm³/mol. The molecule has 0 amide bonds. The normalized spacial score (nSPS) is 11.4. The largest absolute Gasteiger partial charge is 0.493 e. The minimum Gasteiger partial charge on any atom is -0.493 e. The highest BCUT2D eigenvalue weighted by atomic mass is 16.5. The predicted octanol–water partition coefficient (Wildman–Crippen LogP) is 6.62. The van der Waals surface area contributed by atoms with Crippen molar-refractivity contribution in [3.05, 3.63) is 74.6 Å². The van der Waals surface area contributed by atoms with Crippen molar-refractivity contribution in [3.8, 4) is 5.75 Å². The van der Waals surface area contributed by atoms with E-state index in [1.54, 1.807) is 31.2 Å². The summed E-state index contributed by atoms with van der Waals surface area (Å²) in [5.41, 5.74) is 2.90. The van der Waals surface area contributed by atoms with E-state index >= 15 is 0 Å². The van der Waals surface area contributed by atoms with E-state index in [-0.39, 0.29) is 17.0 Å². The van der Waals surface area contributed by atoms with Crippen LogP contribution < -0.4 is 10.2 Å². The van der Waals surface area contributed by atoms with E-state index in [9.17, 15) is 9.59 Å². The summed E-state index contributed by atoms with van der Waals surface area (Å²) in [5, 5.41) is 0.487. The summed E-state index contributed by atoms with van der Waals surface area (Å²) < 4.78 is 12.0. The number of ketones is 1. The maximum absolute atomic E-state index is 13.3. The molecule has 0 aliphatic carbocycles. The molecule has 3 aromatic rings. The van der Waals surface area contributed by atoms with Gasteiger partial charge in [-0.15, -0.1) is 0 Å². The van der Waals surface area contributed by atoms with Gasteiger partial charge in [0.1, 0.15) is 11.3 Å². The molecular weight excluding hydrogens is 438 g/mol. The fourth-order valence-electron chi connectivity index (χ4n) is 4.45. The van der Waals surface area contributed by atoms with Crippen molar-refractivity contribution in [1.29, 1.82) is 0 Å². The number of unbranched alkanes of at least 4 members (excludes halogenated alkanes) is 2. The fourth-order valence-corrected chi connectivity index (χ4v) is 4.45. The highest BCUT2D eigenvalue weighted by molar-refractivity contribution is 6.09. The van der Waals surface area contributed by atoms with Crippen LogP contribution in [0.2, 0.25) is 0 Å². The van der Waals surface area contributed by atoms with Crippen LogP contribution in [-0.2, 0) is 0 Å². The van der Waals surface area contributed by atoms with E-state index in [0.29, 0.717) is 28.7 Å². The summed E-state index contributed by atoms with van der Waals surface area (Å²) in [5.74, 6) is 0.637. The zero-order chi connectivity index (χ0) is 25.4. The Balaban J connectivity index is 1.71. The Hall–Kier alpha value is -2.92. The molecule has 0 radical (unpaired) electrons. The third-order valence-corrected chi connectivity index (χ3v) is 6.47. The van der Waals surface area contributed by atoms with Crippen LogP contribution in [0.1, 0.15) is 78.8 Å². The van der Waals surface area contributed by atoms with Crippen molar-refractivity contribution in [2.24, 2.45) is 0 Å². The van der Waals surface area contributed by atoms with Crippen LogP contribution in [0.3, 0.4) is 0 Å². The van der Waals surface area contributed by atoms with Crippen molar-refractivity contribution in [1.82, 2.24) is 4.90 Å². The summed E-state index contributed by atoms with van der Waals surface area (Å²) in [6, 6.07) is 10.7. The monoisotopic (exact) mass is 477 g/mol. The van der Waals surface area contributed by atoms with Crippen molar-refractivity contribution < 1.29 is 13.9 Å². The number of carbonyl (C=O) groups is 1. The van der Waals surface area contributed by atoms with Gasteiger partial charge in [0, 0.05) is 17.7 Å². The number of ether oxygens (including phenoxy) is 1. The minimum absolute atomic E-state index is 0.0976. The molecule has 0 spiro atoms. The molecule has 0 N–H and O–H groups in total. The molecule has 0 unspecified atom stereocenters. The molecule has 0 aliphatic heterocycles. The second-order valence-electron chi connectivity index (χ2n) is 9.40. The van der Waals surface area contributed by atoms with E-state index in [2.05, 4.69) is 18.7 Å². The first-order valence-corrected chi connectivity index (χ1v) is 12.9. The van der Waals surface area contributed by atoms with Crippen LogP contribution in [-0.4, -0.2) is 36.9 Å². The SMILES string of the molecule is CCCCN(CCCC)CCCOc1c(C)cc(C(=O)c2oc3ccccc3c(=O)c2C)cc1C. The molecule has 35 heavy (non-hydrogen) atoms. The average molecular weight is 478 g/mol. The summed E-state index contributed by atoms with van der Waals surface area (Å²) in [7, 11) is 0. The Morgan fingerprint density at radius 3 is 2.14 bits per heavy atom. The van der Waals surface area contributed by atoms with Gasteiger partial charge in [-0.25, -0.2) is 0 Å². The number of hydrogen-bond donors (Lipinski definition) is 0. The van der Waals surface area contributed by atoms with Crippen LogP contribution in [0, 0.1) is 20.8 Å². The molecule has 0 aliphatic rings. The van der Waals surface area contributed by atoms with Gasteiger partial charge in [-0.2, -0.15) is 0 Å². The second-order valence-corrected chi connectivity index (χ2v) is 9.40. The fraction of sp³-hybridized carbons (Fsp3) is 0.467. The van der Waals surface area contributed by atoms with E-state index in [4.69, 9.17) is 9.15 Å². The lowest BCUT2D eigenvalue weighted by atomic mass is 9.99. The highest BCUT2D eigenvalue weighted by Crippen LogP contribution is 2.27. The lowest BCUT2D eigenvalue weighted by Gasteiger charge is -2.22. The van der Waals surface area contributed by atoms with Gasteiger partial charge in [-0.05, 0) is 88.5 Å². The Bertz CT molecular complexity index is 1180. The standard InChI is InChI=1S/C30H39NO4/c1-6-8-15-31(16-9-7-2)17-12-18-34-29-21(3)19-24(20-22(29)4)28(33)30-23(5)27(32)25-13-10-11-14-26(25)35-30/h10-11,13-14,19-20H,6-9,12,15-18H2,1-5H3. The maximum atomic E-state index is 13.3. The number of rotatable bonds is 13. The third kappa shape index (κ3) is 6.61. The van der Waals surface area contributed by atoms with Crippen LogP contribution in [0.25, 0.3) is 11.0 Å². The van der Waals surface area contributed by atoms with Gasteiger partial charge in [0.2, 0.25) is 5.78 Å². The van der Waals surface area contributed by atoms with Gasteiger partial charge in [0.25, 0.3) is 0 Å². The molecule has 0 atom stereocenters. The lowest BCUT2D eigenvalue weighted by Crippen LogP contribution is -2.28. The van der Waals surface area contributed by atoms with Crippen LogP contribution >= 0.6 is 0 Å². The second kappa shape index (κ2) is 12.7. The lowest BCUT2D eigenvalue weighted by molar-refractivity contribution is 0.101. The first-order chi connectivity index (χ1) is 16.9. The first kappa shape index (κ1) is 26.7. The average Bonchev–Trinajstić information content (AvgIpc) is 2.85. The van der Waals surface area contributed by atoms with Crippen LogP contribution in [0.15, 0.2) is 45.6 Å². The molecule has 0 bridgehead atoms. The molecule has 0 saturated carbocycles. The topological polar surface area (TPSA) is 59.8 Å². The number of aryl methyl sites for hydroxylation is 2. The zero-order valence-corrected chi connectivity index (χ0v) is 21.9. The maximum Gasteiger partial charge on any atom is 0.228 e. The molecule has 1 heterocycles. The Morgan fingerprint density at radius 1 is 0.914 bits per heavy atom. The van der Waals surface area contributed by atoms with Crippen LogP contribution in [0.4, 0.5) is 0 Å². The van der Waals surface area contributed by atoms with Crippen molar-refractivity contribution in [2.45, 2.75) is 66.7 Å². The molecule has 188 valence electrons. The Labute approximate surface area is 209 Å². The number of benzene rings is 2. The highest BCUT2D eigenvalue weighted by Gasteiger charge is 2.21. The molecule has 1 aromatic heterocycles. The summed E-state index contributed by atoms with van der Waals surface area (Å²) in [4.78, 5) is 28.6. The van der Waals surface area contributed by atoms with E-state index in [1.807, 2.05) is 26.0 Å². The zero-order valence-electron chi connectivity index (χ0n) is 21.9. The van der Waals surface area contributed by atoms with Gasteiger partial charge in [0.05, 0.1) is 12.0 Å². The van der Waals surface area contributed by atoms with Gasteiger partial charge in [-0.1, -0.05) is 38.8 Å². The van der Waals surface area contributed by atoms with Crippen molar-refractivity contribution >= 4 is 16.8 Å². The quantitative estimate of drug-likeness (QED) is 0.204. The number of hydrogen-bond acceptors (Lipinski definition) is 5. The van der Waals surface area contributed by atoms with Gasteiger partial charge >= 0.3 is 0 Å². The van der Waals surface area contributed by atoms with Gasteiger partial charge in [-0.3, -0.25) is 9.59 Å². The van der Waals surface area contributed by atoms with E-state index in [1.165, 1.54) is 25.7 Å². The van der Waals surface area contributed by atoms with Crippen LogP contribution in [0.5, 0.6) is 5.75 Å². The summed E-state index contributed by atoms with van der Waals surface area (Å²) in [6.07, 6.45) is 5.86. The number of nitrogens with zero attached hydrogens (tertiary/aromatic N) is 1. The number of fused-ring (bicyclic) bond motifs is 1. The molecule has 5 nitrogen and oxygen atoms in total. The minimum atomic E-state index is -0.286. The molecule has 2 aromatic carbocycles. The number of carbonyl (C=O) groups excluding carboxylic acids is 1. The summed E-state index contributed by atoms with van der Waals surface area (Å²) >= 11 is 0. The smallest absolute Gasteiger partial charge is 0.228 e. The third-order valence-electron chi connectivity index (χ3n) is 6.47. The van der Waals surface area contributed by atoms with Gasteiger partial charge < -0.3 is 14.1 Å². The van der Waals surface area contributed by atoms with Gasteiger partial charge in [0.15, 0.2) is 11.2 Å². The molecule has 0 fully saturated rings. The van der Waals surface area contributed by atoms with E-state index in [0.717, 1.165) is 42.9 Å². The molecule has 3 rings (SSSR count). The molecule has 0 saturated heterocycles. The van der Waals surface area contributed by atoms with E-state index < -0.39 is 0 Å². The summed E-state index contributed by atoms with van der Waals surface area (Å²) in [6.45, 7) is 14.0. The van der Waals surface area contributed by atoms with Crippen molar-refractivity contribution in [2.75, 3.05) is 26.2 Å². The Morgan fingerprint density at radius 2 is 1.51 bits per heavy atom. The molecular formula is C30H39NO4. The molecule has 5 heteroatoms. The Kier molecular flexibility index (Phi) is 9.67. The first-order valence-electron chi connectivity index (χ1n) is 12.9.